The molecule has 0 aliphatic rings. The topological polar surface area (TPSA) is 66.8 Å². The van der Waals surface area contributed by atoms with Gasteiger partial charge in [-0.1, -0.05) is 39.0 Å². The van der Waals surface area contributed by atoms with Gasteiger partial charge < -0.3 is 14.9 Å². The van der Waals surface area contributed by atoms with Gasteiger partial charge in [0.15, 0.2) is 0 Å². The minimum Gasteiger partial charge on any atom is -0.507 e. The molecular weight excluding hydrogens is 280 g/mol. The first-order chi connectivity index (χ1) is 10.3. The van der Waals surface area contributed by atoms with E-state index in [-0.39, 0.29) is 22.5 Å². The largest absolute Gasteiger partial charge is 0.507 e. The van der Waals surface area contributed by atoms with Crippen molar-refractivity contribution in [2.24, 2.45) is 0 Å². The van der Waals surface area contributed by atoms with Gasteiger partial charge in [0, 0.05) is 0 Å². The number of hydrogen-bond donors (Lipinski definition) is 2. The van der Waals surface area contributed by atoms with E-state index < -0.39 is 5.97 Å². The number of ether oxygens (including phenoxy) is 1. The molecule has 0 aromatic heterocycles. The van der Waals surface area contributed by atoms with Crippen LogP contribution in [0.4, 0.5) is 0 Å². The Hall–Kier alpha value is -2.49. The summed E-state index contributed by atoms with van der Waals surface area (Å²) in [6, 6.07) is 11.3. The highest BCUT2D eigenvalue weighted by Gasteiger charge is 2.20. The van der Waals surface area contributed by atoms with Crippen LogP contribution in [0.3, 0.4) is 0 Å². The van der Waals surface area contributed by atoms with Crippen LogP contribution in [0.15, 0.2) is 42.5 Å². The molecule has 2 N–H and O–H groups in total. The molecule has 0 spiro atoms. The summed E-state index contributed by atoms with van der Waals surface area (Å²) >= 11 is 0. The molecule has 0 atom stereocenters. The molecule has 0 aliphatic carbocycles. The van der Waals surface area contributed by atoms with Gasteiger partial charge in [0.05, 0.1) is 0 Å². The predicted molar refractivity (Wildman–Crippen MR) is 84.5 cm³/mol. The lowest BCUT2D eigenvalue weighted by Crippen LogP contribution is -2.15. The van der Waals surface area contributed by atoms with E-state index in [9.17, 15) is 15.0 Å². The number of carbonyl (C=O) groups is 1. The van der Waals surface area contributed by atoms with Crippen LogP contribution in [0.25, 0.3) is 0 Å². The molecule has 0 aliphatic heterocycles. The van der Waals surface area contributed by atoms with Crippen LogP contribution in [0.1, 0.15) is 43.1 Å². The zero-order valence-corrected chi connectivity index (χ0v) is 13.0. The molecule has 0 amide bonds. The van der Waals surface area contributed by atoms with Crippen molar-refractivity contribution in [1.82, 2.24) is 0 Å². The predicted octanol–water partition coefficient (Wildman–Crippen LogP) is 4.00. The van der Waals surface area contributed by atoms with Crippen LogP contribution in [0, 0.1) is 0 Å². The number of benzene rings is 2. The molecule has 0 fully saturated rings. The SMILES string of the molecule is CCC(C)(C)c1ccc(OC(=O)c2c(O)cccc2O)cc1. The minimum absolute atomic E-state index is 0.0541. The summed E-state index contributed by atoms with van der Waals surface area (Å²) in [7, 11) is 0. The van der Waals surface area contributed by atoms with Crippen molar-refractivity contribution in [3.63, 3.8) is 0 Å². The quantitative estimate of drug-likeness (QED) is 0.661. The van der Waals surface area contributed by atoms with Crippen molar-refractivity contribution in [2.45, 2.75) is 32.6 Å². The highest BCUT2D eigenvalue weighted by atomic mass is 16.5. The second kappa shape index (κ2) is 6.10. The zero-order valence-electron chi connectivity index (χ0n) is 13.0. The smallest absolute Gasteiger partial charge is 0.351 e. The van der Waals surface area contributed by atoms with Crippen LogP contribution >= 0.6 is 0 Å². The number of aromatic hydroxyl groups is 2. The third-order valence-electron chi connectivity index (χ3n) is 3.95. The fraction of sp³-hybridized carbons (Fsp3) is 0.278. The molecule has 2 aromatic carbocycles. The summed E-state index contributed by atoms with van der Waals surface area (Å²) < 4.78 is 5.20. The average molecular weight is 300 g/mol. The van der Waals surface area contributed by atoms with E-state index in [1.807, 2.05) is 12.1 Å². The lowest BCUT2D eigenvalue weighted by atomic mass is 9.82. The first-order valence-electron chi connectivity index (χ1n) is 7.19. The normalized spacial score (nSPS) is 11.2. The van der Waals surface area contributed by atoms with Crippen molar-refractivity contribution in [3.05, 3.63) is 53.6 Å². The van der Waals surface area contributed by atoms with E-state index in [1.54, 1.807) is 12.1 Å². The molecule has 4 heteroatoms. The fourth-order valence-corrected chi connectivity index (χ4v) is 2.07. The highest BCUT2D eigenvalue weighted by Crippen LogP contribution is 2.30. The van der Waals surface area contributed by atoms with Crippen molar-refractivity contribution < 1.29 is 19.7 Å². The van der Waals surface area contributed by atoms with Crippen molar-refractivity contribution in [1.29, 1.82) is 0 Å². The first-order valence-corrected chi connectivity index (χ1v) is 7.19. The lowest BCUT2D eigenvalue weighted by molar-refractivity contribution is 0.0728. The summed E-state index contributed by atoms with van der Waals surface area (Å²) in [4.78, 5) is 12.1. The van der Waals surface area contributed by atoms with Gasteiger partial charge in [0.1, 0.15) is 22.8 Å². The Balaban J connectivity index is 2.19. The van der Waals surface area contributed by atoms with Crippen molar-refractivity contribution in [2.75, 3.05) is 0 Å². The Morgan fingerprint density at radius 3 is 2.09 bits per heavy atom. The Morgan fingerprint density at radius 1 is 1.05 bits per heavy atom. The molecule has 2 aromatic rings. The highest BCUT2D eigenvalue weighted by molar-refractivity contribution is 5.96. The molecule has 22 heavy (non-hydrogen) atoms. The van der Waals surface area contributed by atoms with Gasteiger partial charge in [-0.2, -0.15) is 0 Å². The molecule has 0 radical (unpaired) electrons. The third-order valence-corrected chi connectivity index (χ3v) is 3.95. The minimum atomic E-state index is -0.793. The van der Waals surface area contributed by atoms with E-state index in [2.05, 4.69) is 20.8 Å². The zero-order chi connectivity index (χ0) is 16.3. The van der Waals surface area contributed by atoms with Crippen molar-refractivity contribution in [3.8, 4) is 17.2 Å². The molecule has 0 bridgehead atoms. The molecule has 0 heterocycles. The Labute approximate surface area is 130 Å². The van der Waals surface area contributed by atoms with Crippen molar-refractivity contribution >= 4 is 5.97 Å². The molecule has 0 saturated heterocycles. The second-order valence-corrected chi connectivity index (χ2v) is 5.82. The molecule has 116 valence electrons. The maximum absolute atomic E-state index is 12.1. The van der Waals surface area contributed by atoms with Gasteiger partial charge >= 0.3 is 5.97 Å². The summed E-state index contributed by atoms with van der Waals surface area (Å²) in [6.45, 7) is 6.41. The fourth-order valence-electron chi connectivity index (χ4n) is 2.07. The van der Waals surface area contributed by atoms with Gasteiger partial charge in [0.2, 0.25) is 0 Å². The summed E-state index contributed by atoms with van der Waals surface area (Å²) in [5.74, 6) is -1.05. The molecule has 2 rings (SSSR count). The van der Waals surface area contributed by atoms with Crippen LogP contribution in [-0.2, 0) is 5.41 Å². The van der Waals surface area contributed by atoms with E-state index in [0.29, 0.717) is 5.75 Å². The Morgan fingerprint density at radius 2 is 1.59 bits per heavy atom. The van der Waals surface area contributed by atoms with E-state index in [1.165, 1.54) is 18.2 Å². The van der Waals surface area contributed by atoms with Crippen LogP contribution in [0.2, 0.25) is 0 Å². The van der Waals surface area contributed by atoms with Gasteiger partial charge in [0.25, 0.3) is 0 Å². The number of esters is 1. The maximum atomic E-state index is 12.1. The van der Waals surface area contributed by atoms with E-state index in [4.69, 9.17) is 4.74 Å². The van der Waals surface area contributed by atoms with Gasteiger partial charge in [-0.3, -0.25) is 0 Å². The van der Waals surface area contributed by atoms with Crippen LogP contribution in [-0.4, -0.2) is 16.2 Å². The van der Waals surface area contributed by atoms with E-state index in [0.717, 1.165) is 12.0 Å². The number of phenolic OH excluding ortho intramolecular Hbond substituents is 2. The maximum Gasteiger partial charge on any atom is 0.351 e. The Kier molecular flexibility index (Phi) is 4.40. The summed E-state index contributed by atoms with van der Waals surface area (Å²) in [5.41, 5.74) is 0.971. The van der Waals surface area contributed by atoms with Gasteiger partial charge in [-0.15, -0.1) is 0 Å². The van der Waals surface area contributed by atoms with Crippen LogP contribution in [0.5, 0.6) is 17.2 Å². The van der Waals surface area contributed by atoms with Gasteiger partial charge in [-0.05, 0) is 41.7 Å². The molecule has 4 nitrogen and oxygen atoms in total. The number of hydrogen-bond acceptors (Lipinski definition) is 4. The third kappa shape index (κ3) is 3.22. The van der Waals surface area contributed by atoms with E-state index >= 15 is 0 Å². The number of carbonyl (C=O) groups excluding carboxylic acids is 1. The number of rotatable bonds is 4. The van der Waals surface area contributed by atoms with Crippen LogP contribution < -0.4 is 4.74 Å². The summed E-state index contributed by atoms with van der Waals surface area (Å²) in [5, 5.41) is 19.3. The Bertz CT molecular complexity index is 652. The molecule has 0 saturated carbocycles. The standard InChI is InChI=1S/C18H20O4/c1-4-18(2,3)12-8-10-13(11-9-12)22-17(21)16-14(19)6-5-7-15(16)20/h5-11,19-20H,4H2,1-3H3. The molecular formula is C18H20O4. The monoisotopic (exact) mass is 300 g/mol. The summed E-state index contributed by atoms with van der Waals surface area (Å²) in [6.07, 6.45) is 0.998. The first kappa shape index (κ1) is 15.9. The average Bonchev–Trinajstić information content (AvgIpc) is 2.47. The van der Waals surface area contributed by atoms with Gasteiger partial charge in [-0.25, -0.2) is 4.79 Å². The number of phenols is 2. The second-order valence-electron chi connectivity index (χ2n) is 5.82. The molecule has 0 unspecified atom stereocenters. The lowest BCUT2D eigenvalue weighted by Gasteiger charge is -2.23.